The number of nitrogens with one attached hydrogen (secondary N) is 1. The van der Waals surface area contributed by atoms with Gasteiger partial charge >= 0.3 is 5.97 Å². The van der Waals surface area contributed by atoms with Gasteiger partial charge in [0.2, 0.25) is 5.91 Å². The van der Waals surface area contributed by atoms with E-state index in [0.717, 1.165) is 31.2 Å². The standard InChI is InChI=1S/C19H25N3O3/c1-3-25-17(23)12-22(19(24)14-8-5-4-7-13(14)2)16-11-21-15-9-6-10-20-18(15)16/h6,9-11,13-14,21H,3-5,7-8,12H2,1-2H3. The lowest BCUT2D eigenvalue weighted by Crippen LogP contribution is -2.43. The van der Waals surface area contributed by atoms with Crippen LogP contribution in [0.15, 0.2) is 24.5 Å². The summed E-state index contributed by atoms with van der Waals surface area (Å²) in [6.07, 6.45) is 7.58. The van der Waals surface area contributed by atoms with Gasteiger partial charge in [-0.3, -0.25) is 19.5 Å². The van der Waals surface area contributed by atoms with Crippen molar-refractivity contribution in [2.45, 2.75) is 39.5 Å². The Kier molecular flexibility index (Phi) is 5.36. The van der Waals surface area contributed by atoms with E-state index < -0.39 is 5.97 Å². The van der Waals surface area contributed by atoms with E-state index in [9.17, 15) is 9.59 Å². The maximum atomic E-state index is 13.3. The van der Waals surface area contributed by atoms with Gasteiger partial charge in [0, 0.05) is 18.3 Å². The number of pyridine rings is 1. The summed E-state index contributed by atoms with van der Waals surface area (Å²) < 4.78 is 5.08. The van der Waals surface area contributed by atoms with Gasteiger partial charge in [-0.2, -0.15) is 0 Å². The highest BCUT2D eigenvalue weighted by Crippen LogP contribution is 2.34. The normalized spacial score (nSPS) is 20.4. The number of nitrogens with zero attached hydrogens (tertiary/aromatic N) is 2. The van der Waals surface area contributed by atoms with E-state index in [2.05, 4.69) is 16.9 Å². The summed E-state index contributed by atoms with van der Waals surface area (Å²) in [7, 11) is 0. The third-order valence-corrected chi connectivity index (χ3v) is 4.99. The van der Waals surface area contributed by atoms with Gasteiger partial charge in [0.25, 0.3) is 0 Å². The molecule has 0 aromatic carbocycles. The molecule has 1 aliphatic rings. The SMILES string of the molecule is CCOC(=O)CN(C(=O)C1CCCCC1C)c1c[nH]c2cccnc12. The Hall–Kier alpha value is -2.37. The van der Waals surface area contributed by atoms with Crippen molar-refractivity contribution >= 4 is 28.6 Å². The van der Waals surface area contributed by atoms with Crippen molar-refractivity contribution in [2.75, 3.05) is 18.1 Å². The molecule has 6 nitrogen and oxygen atoms in total. The fraction of sp³-hybridized carbons (Fsp3) is 0.526. The Bertz CT molecular complexity index is 755. The summed E-state index contributed by atoms with van der Waals surface area (Å²) in [6, 6.07) is 3.74. The Morgan fingerprint density at radius 3 is 2.92 bits per heavy atom. The Morgan fingerprint density at radius 1 is 1.36 bits per heavy atom. The molecular weight excluding hydrogens is 318 g/mol. The van der Waals surface area contributed by atoms with E-state index in [1.807, 2.05) is 12.1 Å². The number of ether oxygens (including phenoxy) is 1. The van der Waals surface area contributed by atoms with Gasteiger partial charge < -0.3 is 9.72 Å². The second-order valence-electron chi connectivity index (χ2n) is 6.67. The number of rotatable bonds is 5. The number of hydrogen-bond donors (Lipinski definition) is 1. The van der Waals surface area contributed by atoms with Gasteiger partial charge in [-0.15, -0.1) is 0 Å². The number of carbonyl (C=O) groups excluding carboxylic acids is 2. The summed E-state index contributed by atoms with van der Waals surface area (Å²) in [4.78, 5) is 34.4. The average Bonchev–Trinajstić information content (AvgIpc) is 3.04. The van der Waals surface area contributed by atoms with Gasteiger partial charge in [-0.1, -0.05) is 19.8 Å². The maximum absolute atomic E-state index is 13.3. The Balaban J connectivity index is 1.94. The summed E-state index contributed by atoms with van der Waals surface area (Å²) >= 11 is 0. The third kappa shape index (κ3) is 3.67. The fourth-order valence-corrected chi connectivity index (χ4v) is 3.65. The molecule has 2 unspecified atom stereocenters. The number of aromatic amines is 1. The smallest absolute Gasteiger partial charge is 0.326 e. The molecule has 0 spiro atoms. The molecule has 25 heavy (non-hydrogen) atoms. The molecule has 6 heteroatoms. The van der Waals surface area contributed by atoms with Gasteiger partial charge in [-0.05, 0) is 37.8 Å². The van der Waals surface area contributed by atoms with E-state index >= 15 is 0 Å². The van der Waals surface area contributed by atoms with Crippen molar-refractivity contribution in [1.82, 2.24) is 9.97 Å². The van der Waals surface area contributed by atoms with Crippen LogP contribution in [-0.2, 0) is 14.3 Å². The van der Waals surface area contributed by atoms with Crippen molar-refractivity contribution in [1.29, 1.82) is 0 Å². The van der Waals surface area contributed by atoms with Crippen LogP contribution in [0.3, 0.4) is 0 Å². The number of aromatic nitrogens is 2. The number of esters is 1. The zero-order valence-corrected chi connectivity index (χ0v) is 14.8. The van der Waals surface area contributed by atoms with Gasteiger partial charge in [0.05, 0.1) is 17.8 Å². The van der Waals surface area contributed by atoms with Crippen LogP contribution in [0.25, 0.3) is 11.0 Å². The van der Waals surface area contributed by atoms with Crippen molar-refractivity contribution in [3.8, 4) is 0 Å². The zero-order chi connectivity index (χ0) is 17.8. The van der Waals surface area contributed by atoms with Crippen LogP contribution < -0.4 is 4.90 Å². The van der Waals surface area contributed by atoms with Crippen LogP contribution in [0.5, 0.6) is 0 Å². The van der Waals surface area contributed by atoms with E-state index in [1.165, 1.54) is 0 Å². The lowest BCUT2D eigenvalue weighted by molar-refractivity contribution is -0.142. The topological polar surface area (TPSA) is 75.3 Å². The highest BCUT2D eigenvalue weighted by atomic mass is 16.5. The minimum Gasteiger partial charge on any atom is -0.465 e. The first-order valence-electron chi connectivity index (χ1n) is 9.01. The maximum Gasteiger partial charge on any atom is 0.326 e. The highest BCUT2D eigenvalue weighted by molar-refractivity contribution is 6.05. The Labute approximate surface area is 147 Å². The van der Waals surface area contributed by atoms with Gasteiger partial charge in [0.1, 0.15) is 12.1 Å². The van der Waals surface area contributed by atoms with Gasteiger partial charge in [0.15, 0.2) is 0 Å². The van der Waals surface area contributed by atoms with Crippen molar-refractivity contribution in [3.63, 3.8) is 0 Å². The van der Waals surface area contributed by atoms with Crippen molar-refractivity contribution in [3.05, 3.63) is 24.5 Å². The van der Waals surface area contributed by atoms with Crippen LogP contribution in [-0.4, -0.2) is 35.0 Å². The van der Waals surface area contributed by atoms with Crippen LogP contribution in [0.1, 0.15) is 39.5 Å². The molecule has 0 saturated heterocycles. The molecular formula is C19H25N3O3. The van der Waals surface area contributed by atoms with Gasteiger partial charge in [-0.25, -0.2) is 0 Å². The lowest BCUT2D eigenvalue weighted by atomic mass is 9.79. The first-order chi connectivity index (χ1) is 12.1. The first-order valence-corrected chi connectivity index (χ1v) is 9.01. The number of H-pyrrole nitrogens is 1. The van der Waals surface area contributed by atoms with E-state index in [-0.39, 0.29) is 18.4 Å². The Morgan fingerprint density at radius 2 is 2.16 bits per heavy atom. The molecule has 134 valence electrons. The van der Waals surface area contributed by atoms with Crippen LogP contribution >= 0.6 is 0 Å². The molecule has 0 bridgehead atoms. The molecule has 2 aromatic rings. The number of amides is 1. The molecule has 1 aliphatic carbocycles. The second kappa shape index (κ2) is 7.68. The number of anilines is 1. The molecule has 3 rings (SSSR count). The molecule has 2 atom stereocenters. The van der Waals surface area contributed by atoms with E-state index in [4.69, 9.17) is 4.74 Å². The summed E-state index contributed by atoms with van der Waals surface area (Å²) in [5.41, 5.74) is 2.19. The van der Waals surface area contributed by atoms with Crippen LogP contribution in [0.2, 0.25) is 0 Å². The summed E-state index contributed by atoms with van der Waals surface area (Å²) in [6.45, 7) is 4.10. The quantitative estimate of drug-likeness (QED) is 0.845. The summed E-state index contributed by atoms with van der Waals surface area (Å²) in [5, 5.41) is 0. The molecule has 2 heterocycles. The van der Waals surface area contributed by atoms with Crippen LogP contribution in [0.4, 0.5) is 5.69 Å². The number of hydrogen-bond acceptors (Lipinski definition) is 4. The van der Waals surface area contributed by atoms with Crippen LogP contribution in [0, 0.1) is 11.8 Å². The van der Waals surface area contributed by atoms with Crippen molar-refractivity contribution < 1.29 is 14.3 Å². The third-order valence-electron chi connectivity index (χ3n) is 4.99. The predicted molar refractivity (Wildman–Crippen MR) is 96.2 cm³/mol. The lowest BCUT2D eigenvalue weighted by Gasteiger charge is -2.32. The summed E-state index contributed by atoms with van der Waals surface area (Å²) in [5.74, 6) is -0.141. The van der Waals surface area contributed by atoms with E-state index in [1.54, 1.807) is 24.2 Å². The molecule has 2 aromatic heterocycles. The monoisotopic (exact) mass is 343 g/mol. The predicted octanol–water partition coefficient (Wildman–Crippen LogP) is 3.29. The fourth-order valence-electron chi connectivity index (χ4n) is 3.65. The molecule has 1 amide bonds. The molecule has 1 saturated carbocycles. The second-order valence-corrected chi connectivity index (χ2v) is 6.67. The average molecular weight is 343 g/mol. The highest BCUT2D eigenvalue weighted by Gasteiger charge is 2.34. The minimum atomic E-state index is -0.399. The first kappa shape index (κ1) is 17.5. The molecule has 0 aliphatic heterocycles. The number of carbonyl (C=O) groups is 2. The minimum absolute atomic E-state index is 0.00759. The zero-order valence-electron chi connectivity index (χ0n) is 14.8. The molecule has 1 fully saturated rings. The molecule has 1 N–H and O–H groups in total. The largest absolute Gasteiger partial charge is 0.465 e. The van der Waals surface area contributed by atoms with Crippen molar-refractivity contribution in [2.24, 2.45) is 11.8 Å². The molecule has 0 radical (unpaired) electrons. The van der Waals surface area contributed by atoms with E-state index in [0.29, 0.717) is 23.7 Å². The number of fused-ring (bicyclic) bond motifs is 1.